The Balaban J connectivity index is 3.15. The van der Waals surface area contributed by atoms with Gasteiger partial charge in [-0.05, 0) is 37.0 Å². The Bertz CT molecular complexity index is 497. The second-order valence-electron chi connectivity index (χ2n) is 5.24. The van der Waals surface area contributed by atoms with Gasteiger partial charge in [-0.3, -0.25) is 4.99 Å². The van der Waals surface area contributed by atoms with Crippen LogP contribution in [-0.2, 0) is 4.79 Å². The molecule has 0 aliphatic carbocycles. The molecule has 0 aliphatic rings. The number of hydrogen-bond acceptors (Lipinski definition) is 3. The van der Waals surface area contributed by atoms with Gasteiger partial charge in [0, 0.05) is 19.8 Å². The number of hydrogen-bond donors (Lipinski definition) is 0. The molecule has 0 aromatic heterocycles. The molecule has 3 nitrogen and oxygen atoms in total. The number of aliphatic imine (C=N–C) groups is 1. The molecule has 0 heterocycles. The summed E-state index contributed by atoms with van der Waals surface area (Å²) in [7, 11) is 3.77. The van der Waals surface area contributed by atoms with Gasteiger partial charge in [-0.25, -0.2) is 0 Å². The first-order chi connectivity index (χ1) is 9.40. The van der Waals surface area contributed by atoms with Crippen LogP contribution in [0.3, 0.4) is 0 Å². The minimum Gasteiger partial charge on any atom is -0.324 e. The van der Waals surface area contributed by atoms with E-state index in [0.29, 0.717) is 5.92 Å². The van der Waals surface area contributed by atoms with Crippen molar-refractivity contribution in [2.75, 3.05) is 19.0 Å². The van der Waals surface area contributed by atoms with Gasteiger partial charge in [0.2, 0.25) is 0 Å². The van der Waals surface area contributed by atoms with E-state index < -0.39 is 0 Å². The van der Waals surface area contributed by atoms with Crippen molar-refractivity contribution >= 4 is 28.9 Å². The van der Waals surface area contributed by atoms with Gasteiger partial charge in [0.25, 0.3) is 0 Å². The molecule has 0 N–H and O–H groups in total. The van der Waals surface area contributed by atoms with Crippen molar-refractivity contribution in [2.45, 2.75) is 38.9 Å². The van der Waals surface area contributed by atoms with Crippen LogP contribution in [0.15, 0.2) is 23.2 Å². The van der Waals surface area contributed by atoms with E-state index in [1.165, 1.54) is 22.9 Å². The number of nitrogens with zero attached hydrogens (tertiary/aromatic N) is 2. The first kappa shape index (κ1) is 16.8. The summed E-state index contributed by atoms with van der Waals surface area (Å²) in [5, 5.41) is 0.764. The lowest BCUT2D eigenvalue weighted by atomic mass is 9.99. The molecule has 0 radical (unpaired) electrons. The van der Waals surface area contributed by atoms with Gasteiger partial charge in [-0.2, -0.15) is 0 Å². The molecular formula is C16H24N2OS. The normalized spacial score (nSPS) is 13.4. The molecule has 0 bridgehead atoms. The monoisotopic (exact) mass is 292 g/mol. The Morgan fingerprint density at radius 3 is 2.50 bits per heavy atom. The second-order valence-corrected chi connectivity index (χ2v) is 6.59. The molecule has 4 heteroatoms. The maximum atomic E-state index is 10.9. The summed E-state index contributed by atoms with van der Waals surface area (Å²) in [5.74, 6) is 0.444. The summed E-state index contributed by atoms with van der Waals surface area (Å²) >= 11 is 1.48. The Hall–Kier alpha value is -1.29. The van der Waals surface area contributed by atoms with Crippen molar-refractivity contribution in [1.29, 1.82) is 0 Å². The van der Waals surface area contributed by atoms with Crippen LogP contribution >= 0.6 is 11.8 Å². The zero-order valence-corrected chi connectivity index (χ0v) is 14.0. The fourth-order valence-corrected chi connectivity index (χ4v) is 2.76. The number of anilines is 1. The van der Waals surface area contributed by atoms with E-state index in [9.17, 15) is 4.79 Å². The lowest BCUT2D eigenvalue weighted by molar-refractivity contribution is -0.107. The topological polar surface area (TPSA) is 32.7 Å². The van der Waals surface area contributed by atoms with Crippen LogP contribution in [0.2, 0.25) is 0 Å². The average Bonchev–Trinajstić information content (AvgIpc) is 2.43. The SMILES string of the molecule is CN=C(SC(C)C=O)N(C)c1cc(C)ccc1C(C)C. The maximum Gasteiger partial charge on any atom is 0.163 e. The molecule has 20 heavy (non-hydrogen) atoms. The molecule has 1 aromatic carbocycles. The molecule has 0 aliphatic heterocycles. The number of rotatable bonds is 4. The van der Waals surface area contributed by atoms with Crippen molar-refractivity contribution in [2.24, 2.45) is 4.99 Å². The summed E-state index contributed by atoms with van der Waals surface area (Å²) in [5.41, 5.74) is 3.67. The minimum absolute atomic E-state index is 0.0940. The van der Waals surface area contributed by atoms with Crippen LogP contribution in [0, 0.1) is 6.92 Å². The van der Waals surface area contributed by atoms with Gasteiger partial charge < -0.3 is 9.69 Å². The van der Waals surface area contributed by atoms with Crippen LogP contribution in [0.1, 0.15) is 37.8 Å². The number of amidine groups is 1. The van der Waals surface area contributed by atoms with Gasteiger partial charge in [0.05, 0.1) is 5.25 Å². The lowest BCUT2D eigenvalue weighted by Crippen LogP contribution is -2.27. The standard InChI is InChI=1S/C16H24N2OS/c1-11(2)14-8-7-12(3)9-15(14)18(6)16(17-5)20-13(4)10-19/h7-11,13H,1-6H3. The number of thioether (sulfide) groups is 1. The number of benzene rings is 1. The Labute approximate surface area is 126 Å². The van der Waals surface area contributed by atoms with E-state index in [-0.39, 0.29) is 5.25 Å². The van der Waals surface area contributed by atoms with E-state index in [1.807, 2.05) is 14.0 Å². The number of aryl methyl sites for hydroxylation is 1. The van der Waals surface area contributed by atoms with Gasteiger partial charge in [-0.15, -0.1) is 0 Å². The van der Waals surface area contributed by atoms with Gasteiger partial charge in [0.15, 0.2) is 5.17 Å². The highest BCUT2D eigenvalue weighted by Gasteiger charge is 2.17. The van der Waals surface area contributed by atoms with Crippen LogP contribution in [0.25, 0.3) is 0 Å². The van der Waals surface area contributed by atoms with Crippen LogP contribution < -0.4 is 4.90 Å². The first-order valence-electron chi connectivity index (χ1n) is 6.83. The minimum atomic E-state index is -0.0940. The average molecular weight is 292 g/mol. The molecule has 1 aromatic rings. The molecule has 1 unspecified atom stereocenters. The predicted molar refractivity (Wildman–Crippen MR) is 90.1 cm³/mol. The molecule has 1 rings (SSSR count). The highest BCUT2D eigenvalue weighted by Crippen LogP contribution is 2.30. The third-order valence-corrected chi connectivity index (χ3v) is 4.28. The summed E-state index contributed by atoms with van der Waals surface area (Å²) in [4.78, 5) is 17.3. The molecule has 1 atom stereocenters. The smallest absolute Gasteiger partial charge is 0.163 e. The lowest BCUT2D eigenvalue weighted by Gasteiger charge is -2.26. The number of carbonyl (C=O) groups is 1. The number of aldehydes is 1. The highest BCUT2D eigenvalue weighted by atomic mass is 32.2. The summed E-state index contributed by atoms with van der Waals surface area (Å²) < 4.78 is 0. The van der Waals surface area contributed by atoms with Crippen LogP contribution in [0.5, 0.6) is 0 Å². The molecule has 0 spiro atoms. The maximum absolute atomic E-state index is 10.9. The second kappa shape index (κ2) is 7.48. The zero-order chi connectivity index (χ0) is 15.3. The van der Waals surface area contributed by atoms with E-state index >= 15 is 0 Å². The van der Waals surface area contributed by atoms with Gasteiger partial charge >= 0.3 is 0 Å². The molecule has 0 saturated heterocycles. The fraction of sp³-hybridized carbons (Fsp3) is 0.500. The Morgan fingerprint density at radius 1 is 1.35 bits per heavy atom. The molecule has 0 fully saturated rings. The molecule has 110 valence electrons. The molecule has 0 amide bonds. The third-order valence-electron chi connectivity index (χ3n) is 3.13. The van der Waals surface area contributed by atoms with Crippen LogP contribution in [0.4, 0.5) is 5.69 Å². The van der Waals surface area contributed by atoms with Gasteiger partial charge in [-0.1, -0.05) is 37.7 Å². The van der Waals surface area contributed by atoms with Crippen LogP contribution in [-0.4, -0.2) is 30.8 Å². The van der Waals surface area contributed by atoms with Crippen molar-refractivity contribution in [3.63, 3.8) is 0 Å². The summed E-state index contributed by atoms with van der Waals surface area (Å²) in [6.45, 7) is 8.35. The molecular weight excluding hydrogens is 268 g/mol. The van der Waals surface area contributed by atoms with Crippen molar-refractivity contribution in [3.05, 3.63) is 29.3 Å². The number of carbonyl (C=O) groups excluding carboxylic acids is 1. The van der Waals surface area contributed by atoms with E-state index in [1.54, 1.807) is 7.05 Å². The zero-order valence-electron chi connectivity index (χ0n) is 13.2. The van der Waals surface area contributed by atoms with Crippen molar-refractivity contribution in [3.8, 4) is 0 Å². The largest absolute Gasteiger partial charge is 0.324 e. The van der Waals surface area contributed by atoms with E-state index in [4.69, 9.17) is 0 Å². The molecule has 0 saturated carbocycles. The van der Waals surface area contributed by atoms with E-state index in [0.717, 1.165) is 17.1 Å². The first-order valence-corrected chi connectivity index (χ1v) is 7.71. The third kappa shape index (κ3) is 4.10. The van der Waals surface area contributed by atoms with Crippen molar-refractivity contribution in [1.82, 2.24) is 0 Å². The van der Waals surface area contributed by atoms with Gasteiger partial charge in [0.1, 0.15) is 6.29 Å². The summed E-state index contributed by atoms with van der Waals surface area (Å²) in [6.07, 6.45) is 0.948. The quantitative estimate of drug-likeness (QED) is 0.480. The highest BCUT2D eigenvalue weighted by molar-refractivity contribution is 8.15. The summed E-state index contributed by atoms with van der Waals surface area (Å²) in [6, 6.07) is 6.48. The Kier molecular flexibility index (Phi) is 6.27. The van der Waals surface area contributed by atoms with Crippen molar-refractivity contribution < 1.29 is 4.79 Å². The predicted octanol–water partition coefficient (Wildman–Crippen LogP) is 3.86. The Morgan fingerprint density at radius 2 is 2.00 bits per heavy atom. The van der Waals surface area contributed by atoms with E-state index in [2.05, 4.69) is 48.9 Å². The fourth-order valence-electron chi connectivity index (χ4n) is 2.01.